The lowest BCUT2D eigenvalue weighted by molar-refractivity contribution is 0.276. The Kier molecular flexibility index (Phi) is 6.22. The first-order valence-electron chi connectivity index (χ1n) is 12.7. The van der Waals surface area contributed by atoms with E-state index in [-0.39, 0.29) is 5.69 Å². The average molecular weight is 423 g/mol. The van der Waals surface area contributed by atoms with Gasteiger partial charge in [-0.25, -0.2) is 4.79 Å². The molecule has 168 valence electrons. The number of rotatable bonds is 2. The maximum absolute atomic E-state index is 13.2. The third-order valence-corrected chi connectivity index (χ3v) is 7.95. The van der Waals surface area contributed by atoms with Gasteiger partial charge in [-0.2, -0.15) is 0 Å². The Morgan fingerprint density at radius 2 is 1.65 bits per heavy atom. The van der Waals surface area contributed by atoms with Crippen molar-refractivity contribution in [3.05, 3.63) is 46.0 Å². The van der Waals surface area contributed by atoms with E-state index in [4.69, 9.17) is 0 Å². The summed E-state index contributed by atoms with van der Waals surface area (Å²) in [5.74, 6) is 1.91. The monoisotopic (exact) mass is 422 g/mol. The van der Waals surface area contributed by atoms with Gasteiger partial charge < -0.3 is 10.6 Å². The Labute approximate surface area is 186 Å². The predicted octanol–water partition coefficient (Wildman–Crippen LogP) is 5.42. The van der Waals surface area contributed by atoms with Gasteiger partial charge >= 0.3 is 5.69 Å². The second kappa shape index (κ2) is 9.23. The van der Waals surface area contributed by atoms with Crippen LogP contribution in [0.1, 0.15) is 101 Å². The molecule has 3 atom stereocenters. The number of nitrogens with one attached hydrogen (secondary N) is 3. The molecule has 2 fully saturated rings. The molecule has 2 unspecified atom stereocenters. The second-order valence-electron chi connectivity index (χ2n) is 10.1. The summed E-state index contributed by atoms with van der Waals surface area (Å²) >= 11 is 0. The quantitative estimate of drug-likeness (QED) is 0.605. The molecule has 3 heterocycles. The maximum Gasteiger partial charge on any atom is 0.331 e. The lowest BCUT2D eigenvalue weighted by atomic mass is 9.76. The fourth-order valence-electron chi connectivity index (χ4n) is 5.85. The van der Waals surface area contributed by atoms with Crippen LogP contribution < -0.4 is 16.3 Å². The zero-order valence-electron chi connectivity index (χ0n) is 19.0. The van der Waals surface area contributed by atoms with Crippen LogP contribution in [0.15, 0.2) is 29.1 Å². The zero-order chi connectivity index (χ0) is 21.2. The van der Waals surface area contributed by atoms with Crippen LogP contribution in [0.25, 0.3) is 5.69 Å². The van der Waals surface area contributed by atoms with Crippen LogP contribution in [0, 0.1) is 0 Å². The highest BCUT2D eigenvalue weighted by Crippen LogP contribution is 2.41. The summed E-state index contributed by atoms with van der Waals surface area (Å²) in [5.41, 5.74) is 3.52. The van der Waals surface area contributed by atoms with Crippen molar-refractivity contribution in [1.29, 1.82) is 0 Å². The van der Waals surface area contributed by atoms with E-state index in [1.54, 1.807) is 0 Å². The molecule has 0 amide bonds. The van der Waals surface area contributed by atoms with E-state index in [1.807, 2.05) is 4.57 Å². The van der Waals surface area contributed by atoms with Gasteiger partial charge in [0.05, 0.1) is 11.4 Å². The minimum atomic E-state index is -0.0101. The lowest BCUT2D eigenvalue weighted by Crippen LogP contribution is -2.44. The number of nitrogens with zero attached hydrogens (tertiary/aromatic N) is 1. The summed E-state index contributed by atoms with van der Waals surface area (Å²) in [6, 6.07) is 9.70. The van der Waals surface area contributed by atoms with Gasteiger partial charge in [0.2, 0.25) is 0 Å². The molecule has 0 radical (unpaired) electrons. The molecule has 3 N–H and O–H groups in total. The number of hydrogen-bond donors (Lipinski definition) is 3. The van der Waals surface area contributed by atoms with Crippen LogP contribution in [0.5, 0.6) is 0 Å². The summed E-state index contributed by atoms with van der Waals surface area (Å²) in [4.78, 5) is 16.4. The van der Waals surface area contributed by atoms with Crippen molar-refractivity contribution < 1.29 is 0 Å². The van der Waals surface area contributed by atoms with Gasteiger partial charge in [0.25, 0.3) is 0 Å². The Morgan fingerprint density at radius 1 is 0.903 bits per heavy atom. The number of anilines is 1. The molecule has 31 heavy (non-hydrogen) atoms. The standard InChI is InChI=1S/C26H38N4O/c1-18-8-4-3-7-17-27-23-16-15-22(23)24-25(28-20-9-5-2-6-10-20)29-26(31)30(24)21-13-11-19(18)12-14-21/h11-14,18,20,22-23,27-28H,2-10,15-17H2,1H3,(H,29,31)/t18?,22-,23?/m1/s1. The minimum Gasteiger partial charge on any atom is -0.367 e. The molecular weight excluding hydrogens is 384 g/mol. The first kappa shape index (κ1) is 20.9. The normalized spacial score (nSPS) is 27.5. The van der Waals surface area contributed by atoms with Gasteiger partial charge in [0, 0.05) is 18.0 Å². The second-order valence-corrected chi connectivity index (χ2v) is 10.1. The van der Waals surface area contributed by atoms with Crippen molar-refractivity contribution >= 4 is 5.82 Å². The molecule has 2 aromatic rings. The molecule has 1 aromatic carbocycles. The SMILES string of the molecule is CC1CCCCCNC2CC[C@H]2c2c(NC3CCCCC3)[nH]c(=O)n2-c2ccc1cc2. The maximum atomic E-state index is 13.2. The molecule has 2 aliphatic heterocycles. The van der Waals surface area contributed by atoms with Crippen molar-refractivity contribution in [2.24, 2.45) is 0 Å². The van der Waals surface area contributed by atoms with Crippen molar-refractivity contribution in [3.63, 3.8) is 0 Å². The van der Waals surface area contributed by atoms with Crippen LogP contribution in [0.2, 0.25) is 0 Å². The highest BCUT2D eigenvalue weighted by molar-refractivity contribution is 5.51. The Morgan fingerprint density at radius 3 is 2.39 bits per heavy atom. The van der Waals surface area contributed by atoms with Gasteiger partial charge in [0.1, 0.15) is 5.82 Å². The van der Waals surface area contributed by atoms with E-state index >= 15 is 0 Å². The summed E-state index contributed by atoms with van der Waals surface area (Å²) in [7, 11) is 0. The van der Waals surface area contributed by atoms with Crippen molar-refractivity contribution in [3.8, 4) is 5.69 Å². The summed E-state index contributed by atoms with van der Waals surface area (Å²) < 4.78 is 1.96. The van der Waals surface area contributed by atoms with E-state index < -0.39 is 0 Å². The van der Waals surface area contributed by atoms with Crippen LogP contribution in [-0.2, 0) is 0 Å². The lowest BCUT2D eigenvalue weighted by Gasteiger charge is -2.38. The topological polar surface area (TPSA) is 61.8 Å². The number of H-pyrrole nitrogens is 1. The van der Waals surface area contributed by atoms with Crippen molar-refractivity contribution in [2.75, 3.05) is 11.9 Å². The van der Waals surface area contributed by atoms with E-state index in [0.29, 0.717) is 23.9 Å². The molecule has 4 aliphatic rings. The number of aromatic nitrogens is 2. The molecule has 2 bridgehead atoms. The molecule has 2 aliphatic carbocycles. The van der Waals surface area contributed by atoms with Gasteiger partial charge in [-0.05, 0) is 68.7 Å². The molecule has 0 spiro atoms. The number of fused-ring (bicyclic) bond motifs is 8. The predicted molar refractivity (Wildman–Crippen MR) is 128 cm³/mol. The van der Waals surface area contributed by atoms with Crippen molar-refractivity contribution in [2.45, 2.75) is 101 Å². The van der Waals surface area contributed by atoms with Crippen molar-refractivity contribution in [1.82, 2.24) is 14.9 Å². The average Bonchev–Trinajstić information content (AvgIpc) is 3.07. The third-order valence-electron chi connectivity index (χ3n) is 7.95. The molecular formula is C26H38N4O. The minimum absolute atomic E-state index is 0.0101. The summed E-state index contributed by atoms with van der Waals surface area (Å²) in [6.45, 7) is 3.41. The van der Waals surface area contributed by atoms with Gasteiger partial charge in [-0.3, -0.25) is 9.55 Å². The molecule has 2 saturated carbocycles. The summed E-state index contributed by atoms with van der Waals surface area (Å²) in [5, 5.41) is 7.57. The van der Waals surface area contributed by atoms with E-state index in [1.165, 1.54) is 69.8 Å². The number of aromatic amines is 1. The fourth-order valence-corrected chi connectivity index (χ4v) is 5.85. The molecule has 1 aromatic heterocycles. The zero-order valence-corrected chi connectivity index (χ0v) is 19.0. The fraction of sp³-hybridized carbons (Fsp3) is 0.654. The Hall–Kier alpha value is -2.01. The summed E-state index contributed by atoms with van der Waals surface area (Å²) in [6.07, 6.45) is 13.7. The molecule has 5 nitrogen and oxygen atoms in total. The van der Waals surface area contributed by atoms with Gasteiger partial charge in [0.15, 0.2) is 0 Å². The van der Waals surface area contributed by atoms with Gasteiger partial charge in [-0.15, -0.1) is 0 Å². The first-order valence-corrected chi connectivity index (χ1v) is 12.7. The first-order chi connectivity index (χ1) is 15.2. The number of imidazole rings is 1. The van der Waals surface area contributed by atoms with E-state index in [0.717, 1.165) is 30.2 Å². The van der Waals surface area contributed by atoms with E-state index in [2.05, 4.69) is 46.8 Å². The van der Waals surface area contributed by atoms with Crippen LogP contribution >= 0.6 is 0 Å². The number of hydrogen-bond acceptors (Lipinski definition) is 3. The number of benzene rings is 1. The Bertz CT molecular complexity index is 922. The molecule has 0 saturated heterocycles. The van der Waals surface area contributed by atoms with Crippen LogP contribution in [0.3, 0.4) is 0 Å². The third kappa shape index (κ3) is 4.34. The Balaban J connectivity index is 1.54. The largest absolute Gasteiger partial charge is 0.367 e. The van der Waals surface area contributed by atoms with Crippen LogP contribution in [-0.4, -0.2) is 28.2 Å². The smallest absolute Gasteiger partial charge is 0.331 e. The molecule has 6 rings (SSSR count). The van der Waals surface area contributed by atoms with Gasteiger partial charge in [-0.1, -0.05) is 51.2 Å². The van der Waals surface area contributed by atoms with E-state index in [9.17, 15) is 4.79 Å². The highest BCUT2D eigenvalue weighted by atomic mass is 16.1. The van der Waals surface area contributed by atoms with Crippen LogP contribution in [0.4, 0.5) is 5.82 Å². The molecule has 5 heteroatoms. The highest BCUT2D eigenvalue weighted by Gasteiger charge is 2.37.